The molecule has 0 aliphatic carbocycles. The Morgan fingerprint density at radius 2 is 1.81 bits per heavy atom. The summed E-state index contributed by atoms with van der Waals surface area (Å²) in [5.74, 6) is 0. The van der Waals surface area contributed by atoms with Crippen LogP contribution >= 0.6 is 11.3 Å². The van der Waals surface area contributed by atoms with Crippen molar-refractivity contribution in [2.24, 2.45) is 0 Å². The zero-order valence-corrected chi connectivity index (χ0v) is 13.4. The van der Waals surface area contributed by atoms with E-state index in [1.807, 2.05) is 11.3 Å². The molecule has 0 aliphatic rings. The molecule has 1 N–H and O–H groups in total. The van der Waals surface area contributed by atoms with E-state index in [-0.39, 0.29) is 0 Å². The van der Waals surface area contributed by atoms with Crippen LogP contribution < -0.4 is 5.32 Å². The molecule has 1 atom stereocenters. The first kappa shape index (κ1) is 14.3. The lowest BCUT2D eigenvalue weighted by Crippen LogP contribution is -2.17. The van der Waals surface area contributed by atoms with Gasteiger partial charge < -0.3 is 5.32 Å². The number of thiophene rings is 1. The Morgan fingerprint density at radius 1 is 1.00 bits per heavy atom. The highest BCUT2D eigenvalue weighted by Crippen LogP contribution is 2.27. The molecule has 3 aromatic rings. The number of fused-ring (bicyclic) bond motifs is 1. The van der Waals surface area contributed by atoms with Crippen LogP contribution in [0.1, 0.15) is 28.3 Å². The first-order valence-electron chi connectivity index (χ1n) is 7.53. The lowest BCUT2D eigenvalue weighted by Gasteiger charge is -2.15. The molecule has 0 spiro atoms. The van der Waals surface area contributed by atoms with E-state index in [4.69, 9.17) is 0 Å². The first-order chi connectivity index (χ1) is 10.3. The van der Waals surface area contributed by atoms with Crippen LogP contribution in [-0.4, -0.2) is 7.05 Å². The van der Waals surface area contributed by atoms with Crippen molar-refractivity contribution >= 4 is 22.1 Å². The summed E-state index contributed by atoms with van der Waals surface area (Å²) in [4.78, 5) is 2.89. The molecule has 21 heavy (non-hydrogen) atoms. The maximum atomic E-state index is 3.46. The zero-order valence-electron chi connectivity index (χ0n) is 12.6. The Balaban J connectivity index is 1.84. The molecule has 0 radical (unpaired) electrons. The molecule has 0 amide bonds. The van der Waals surface area contributed by atoms with Crippen molar-refractivity contribution in [2.45, 2.75) is 25.8 Å². The highest BCUT2D eigenvalue weighted by Gasteiger charge is 2.12. The van der Waals surface area contributed by atoms with Gasteiger partial charge in [-0.15, -0.1) is 11.3 Å². The summed E-state index contributed by atoms with van der Waals surface area (Å²) in [7, 11) is 2.05. The number of rotatable bonds is 5. The normalized spacial score (nSPS) is 12.7. The van der Waals surface area contributed by atoms with Crippen LogP contribution in [-0.2, 0) is 12.8 Å². The second-order valence-electron chi connectivity index (χ2n) is 5.38. The number of likely N-dealkylation sites (N-methyl/N-ethyl adjacent to an activating group) is 1. The minimum atomic E-state index is 0.400. The Morgan fingerprint density at radius 3 is 2.52 bits per heavy atom. The molecule has 0 saturated heterocycles. The molecule has 108 valence electrons. The topological polar surface area (TPSA) is 12.0 Å². The number of benzene rings is 2. The molecule has 1 nitrogen and oxygen atoms in total. The number of hydrogen-bond donors (Lipinski definition) is 1. The van der Waals surface area contributed by atoms with Gasteiger partial charge in [0.2, 0.25) is 0 Å². The van der Waals surface area contributed by atoms with Crippen molar-refractivity contribution < 1.29 is 0 Å². The Hall–Kier alpha value is -1.64. The van der Waals surface area contributed by atoms with Crippen LogP contribution in [0.4, 0.5) is 0 Å². The minimum Gasteiger partial charge on any atom is -0.312 e. The third kappa shape index (κ3) is 3.17. The number of hydrogen-bond acceptors (Lipinski definition) is 2. The highest BCUT2D eigenvalue weighted by atomic mass is 32.1. The van der Waals surface area contributed by atoms with E-state index in [9.17, 15) is 0 Å². The first-order valence-corrected chi connectivity index (χ1v) is 8.35. The largest absolute Gasteiger partial charge is 0.312 e. The average Bonchev–Trinajstić information content (AvgIpc) is 3.01. The summed E-state index contributed by atoms with van der Waals surface area (Å²) in [6.07, 6.45) is 2.15. The van der Waals surface area contributed by atoms with Crippen LogP contribution in [0.25, 0.3) is 10.8 Å². The summed E-state index contributed by atoms with van der Waals surface area (Å²) in [5.41, 5.74) is 1.39. The van der Waals surface area contributed by atoms with E-state index in [1.54, 1.807) is 0 Å². The van der Waals surface area contributed by atoms with Gasteiger partial charge >= 0.3 is 0 Å². The Labute approximate surface area is 130 Å². The molecule has 0 bridgehead atoms. The zero-order chi connectivity index (χ0) is 14.7. The van der Waals surface area contributed by atoms with Crippen molar-refractivity contribution in [3.63, 3.8) is 0 Å². The highest BCUT2D eigenvalue weighted by molar-refractivity contribution is 7.12. The van der Waals surface area contributed by atoms with Gasteiger partial charge in [0.25, 0.3) is 0 Å². The van der Waals surface area contributed by atoms with Gasteiger partial charge in [-0.1, -0.05) is 49.4 Å². The van der Waals surface area contributed by atoms with Crippen LogP contribution in [0.2, 0.25) is 0 Å². The van der Waals surface area contributed by atoms with Crippen LogP contribution in [0, 0.1) is 0 Å². The Bertz CT molecular complexity index is 729. The fraction of sp³-hybridized carbons (Fsp3) is 0.263. The summed E-state index contributed by atoms with van der Waals surface area (Å²) in [6.45, 7) is 2.22. The second kappa shape index (κ2) is 6.42. The maximum absolute atomic E-state index is 3.46. The van der Waals surface area contributed by atoms with Crippen LogP contribution in [0.3, 0.4) is 0 Å². The molecule has 2 aromatic carbocycles. The van der Waals surface area contributed by atoms with Gasteiger partial charge in [-0.25, -0.2) is 0 Å². The quantitative estimate of drug-likeness (QED) is 0.701. The van der Waals surface area contributed by atoms with Crippen LogP contribution in [0.15, 0.2) is 54.6 Å². The third-order valence-electron chi connectivity index (χ3n) is 3.98. The van der Waals surface area contributed by atoms with Crippen molar-refractivity contribution in [2.75, 3.05) is 7.05 Å². The third-order valence-corrected chi connectivity index (χ3v) is 5.32. The van der Waals surface area contributed by atoms with E-state index in [0.717, 1.165) is 12.8 Å². The SMILES string of the molecule is CCc1ccc(C(Cc2ccc3ccccc3c2)NC)s1. The van der Waals surface area contributed by atoms with Gasteiger partial charge in [-0.3, -0.25) is 0 Å². The monoisotopic (exact) mass is 295 g/mol. The molecule has 2 heteroatoms. The van der Waals surface area contributed by atoms with Crippen molar-refractivity contribution in [1.29, 1.82) is 0 Å². The fourth-order valence-corrected chi connectivity index (χ4v) is 3.78. The molecule has 1 heterocycles. The summed E-state index contributed by atoms with van der Waals surface area (Å²) < 4.78 is 0. The lowest BCUT2D eigenvalue weighted by molar-refractivity contribution is 0.602. The molecule has 0 saturated carbocycles. The molecule has 3 rings (SSSR count). The minimum absolute atomic E-state index is 0.400. The number of aryl methyl sites for hydroxylation is 1. The number of nitrogens with one attached hydrogen (secondary N) is 1. The van der Waals surface area contributed by atoms with E-state index >= 15 is 0 Å². The summed E-state index contributed by atoms with van der Waals surface area (Å²) >= 11 is 1.93. The van der Waals surface area contributed by atoms with E-state index in [2.05, 4.69) is 73.9 Å². The maximum Gasteiger partial charge on any atom is 0.0453 e. The predicted octanol–water partition coefficient (Wildman–Crippen LogP) is 4.97. The lowest BCUT2D eigenvalue weighted by atomic mass is 10.0. The van der Waals surface area contributed by atoms with E-state index in [1.165, 1.54) is 26.1 Å². The smallest absolute Gasteiger partial charge is 0.0453 e. The van der Waals surface area contributed by atoms with E-state index < -0.39 is 0 Å². The van der Waals surface area contributed by atoms with Gasteiger partial charge in [0, 0.05) is 15.8 Å². The van der Waals surface area contributed by atoms with Crippen molar-refractivity contribution in [3.05, 3.63) is 69.9 Å². The molecular weight excluding hydrogens is 274 g/mol. The molecule has 1 aromatic heterocycles. The van der Waals surface area contributed by atoms with Gasteiger partial charge in [0.05, 0.1) is 0 Å². The molecular formula is C19H21NS. The standard InChI is InChI=1S/C19H21NS/c1-3-17-10-11-19(21-17)18(20-2)13-14-8-9-15-6-4-5-7-16(15)12-14/h4-12,18,20H,3,13H2,1-2H3. The second-order valence-corrected chi connectivity index (χ2v) is 6.58. The van der Waals surface area contributed by atoms with E-state index in [0.29, 0.717) is 6.04 Å². The molecule has 0 aliphatic heterocycles. The predicted molar refractivity (Wildman–Crippen MR) is 93.1 cm³/mol. The van der Waals surface area contributed by atoms with Crippen LogP contribution in [0.5, 0.6) is 0 Å². The molecule has 0 fully saturated rings. The average molecular weight is 295 g/mol. The fourth-order valence-electron chi connectivity index (χ4n) is 2.72. The summed E-state index contributed by atoms with van der Waals surface area (Å²) in [5, 5.41) is 6.10. The van der Waals surface area contributed by atoms with Crippen molar-refractivity contribution in [1.82, 2.24) is 5.32 Å². The molecule has 1 unspecified atom stereocenters. The van der Waals surface area contributed by atoms with Gasteiger partial charge in [0.15, 0.2) is 0 Å². The van der Waals surface area contributed by atoms with Crippen molar-refractivity contribution in [3.8, 4) is 0 Å². The Kier molecular flexibility index (Phi) is 4.37. The summed E-state index contributed by atoms with van der Waals surface area (Å²) in [6, 6.07) is 20.3. The van der Waals surface area contributed by atoms with Gasteiger partial charge in [-0.05, 0) is 48.4 Å². The van der Waals surface area contributed by atoms with Gasteiger partial charge in [-0.2, -0.15) is 0 Å². The van der Waals surface area contributed by atoms with Gasteiger partial charge in [0.1, 0.15) is 0 Å².